The molecule has 2 aromatic rings. The highest BCUT2D eigenvalue weighted by molar-refractivity contribution is 6.31. The quantitative estimate of drug-likeness (QED) is 0.709. The first-order valence-corrected chi connectivity index (χ1v) is 9.82. The molecule has 0 radical (unpaired) electrons. The SMILES string of the molecule is CC(C(=O)Nc1ccc(Cl)c(F)c1)C12CC(NC(=O)c3cccc(Cl)c3)(C1)C2. The average molecular weight is 421 g/mol. The molecule has 2 amide bonds. The maximum atomic E-state index is 13.6. The molecule has 3 fully saturated rings. The van der Waals surface area contributed by atoms with E-state index in [-0.39, 0.29) is 33.7 Å². The molecule has 2 aromatic carbocycles. The Hall–Kier alpha value is -2.11. The van der Waals surface area contributed by atoms with E-state index >= 15 is 0 Å². The molecule has 0 saturated heterocycles. The van der Waals surface area contributed by atoms with Gasteiger partial charge in [0.2, 0.25) is 5.91 Å². The molecule has 1 atom stereocenters. The van der Waals surface area contributed by atoms with E-state index in [2.05, 4.69) is 10.6 Å². The fourth-order valence-corrected chi connectivity index (χ4v) is 4.81. The third kappa shape index (κ3) is 3.27. The molecule has 146 valence electrons. The van der Waals surface area contributed by atoms with Gasteiger partial charge in [-0.05, 0) is 61.1 Å². The van der Waals surface area contributed by atoms with Crippen LogP contribution in [0.3, 0.4) is 0 Å². The summed E-state index contributed by atoms with van der Waals surface area (Å²) in [5.74, 6) is -1.11. The molecule has 0 aliphatic heterocycles. The molecule has 7 heteroatoms. The van der Waals surface area contributed by atoms with Gasteiger partial charge >= 0.3 is 0 Å². The monoisotopic (exact) mass is 420 g/mol. The number of carbonyl (C=O) groups excluding carboxylic acids is 2. The van der Waals surface area contributed by atoms with Gasteiger partial charge in [-0.2, -0.15) is 0 Å². The van der Waals surface area contributed by atoms with Crippen LogP contribution in [0.5, 0.6) is 0 Å². The molecular weight excluding hydrogens is 402 g/mol. The van der Waals surface area contributed by atoms with Gasteiger partial charge in [0.15, 0.2) is 0 Å². The second kappa shape index (κ2) is 6.75. The maximum absolute atomic E-state index is 13.6. The molecule has 4 nitrogen and oxygen atoms in total. The number of hydrogen-bond donors (Lipinski definition) is 2. The molecule has 1 unspecified atom stereocenters. The zero-order valence-corrected chi connectivity index (χ0v) is 16.7. The Morgan fingerprint density at radius 3 is 2.46 bits per heavy atom. The maximum Gasteiger partial charge on any atom is 0.251 e. The van der Waals surface area contributed by atoms with E-state index in [4.69, 9.17) is 23.2 Å². The van der Waals surface area contributed by atoms with Gasteiger partial charge in [-0.1, -0.05) is 36.2 Å². The van der Waals surface area contributed by atoms with E-state index < -0.39 is 5.82 Å². The van der Waals surface area contributed by atoms with Crippen LogP contribution in [0.1, 0.15) is 36.5 Å². The summed E-state index contributed by atoms with van der Waals surface area (Å²) in [7, 11) is 0. The third-order valence-electron chi connectivity index (χ3n) is 6.04. The average Bonchev–Trinajstić information content (AvgIpc) is 2.59. The van der Waals surface area contributed by atoms with Crippen molar-refractivity contribution in [2.45, 2.75) is 31.7 Å². The zero-order chi connectivity index (χ0) is 20.1. The summed E-state index contributed by atoms with van der Waals surface area (Å²) in [5, 5.41) is 6.38. The first-order chi connectivity index (χ1) is 13.2. The second-order valence-electron chi connectivity index (χ2n) is 7.98. The molecule has 0 spiro atoms. The van der Waals surface area contributed by atoms with Crippen molar-refractivity contribution in [2.24, 2.45) is 11.3 Å². The van der Waals surface area contributed by atoms with Crippen molar-refractivity contribution in [3.63, 3.8) is 0 Å². The van der Waals surface area contributed by atoms with E-state index in [1.165, 1.54) is 12.1 Å². The molecule has 2 bridgehead atoms. The van der Waals surface area contributed by atoms with Crippen molar-refractivity contribution in [2.75, 3.05) is 5.32 Å². The molecule has 3 saturated carbocycles. The van der Waals surface area contributed by atoms with E-state index in [1.807, 2.05) is 6.92 Å². The molecule has 2 N–H and O–H groups in total. The van der Waals surface area contributed by atoms with Crippen LogP contribution in [0.25, 0.3) is 0 Å². The van der Waals surface area contributed by atoms with Gasteiger partial charge in [0.1, 0.15) is 5.82 Å². The highest BCUT2D eigenvalue weighted by atomic mass is 35.5. The van der Waals surface area contributed by atoms with E-state index in [0.717, 1.165) is 19.3 Å². The van der Waals surface area contributed by atoms with Crippen molar-refractivity contribution in [3.05, 3.63) is 63.9 Å². The number of halogens is 3. The minimum absolute atomic E-state index is 0.0165. The van der Waals surface area contributed by atoms with Crippen LogP contribution >= 0.6 is 23.2 Å². The smallest absolute Gasteiger partial charge is 0.251 e. The predicted octanol–water partition coefficient (Wildman–Crippen LogP) is 5.06. The van der Waals surface area contributed by atoms with Crippen molar-refractivity contribution < 1.29 is 14.0 Å². The highest BCUT2D eigenvalue weighted by Crippen LogP contribution is 2.70. The summed E-state index contributed by atoms with van der Waals surface area (Å²) in [6.07, 6.45) is 2.28. The number of rotatable bonds is 5. The van der Waals surface area contributed by atoms with Crippen LogP contribution in [-0.4, -0.2) is 17.4 Å². The van der Waals surface area contributed by atoms with Gasteiger partial charge in [0.25, 0.3) is 5.91 Å². The molecular formula is C21H19Cl2FN2O2. The summed E-state index contributed by atoms with van der Waals surface area (Å²) in [6.45, 7) is 1.88. The van der Waals surface area contributed by atoms with Crippen LogP contribution in [0, 0.1) is 17.2 Å². The van der Waals surface area contributed by atoms with Crippen LogP contribution in [0.2, 0.25) is 10.0 Å². The second-order valence-corrected chi connectivity index (χ2v) is 8.82. The Balaban J connectivity index is 1.34. The van der Waals surface area contributed by atoms with Gasteiger partial charge in [0.05, 0.1) is 5.02 Å². The first-order valence-electron chi connectivity index (χ1n) is 9.06. The normalized spacial score (nSPS) is 25.9. The fraction of sp³-hybridized carbons (Fsp3) is 0.333. The van der Waals surface area contributed by atoms with Gasteiger partial charge in [-0.25, -0.2) is 4.39 Å². The standard InChI is InChI=1S/C21H19Cl2FN2O2/c1-12(18(27)25-15-5-6-16(23)17(24)8-15)20-9-21(10-20,11-20)26-19(28)13-3-2-4-14(22)7-13/h2-8,12H,9-11H2,1H3,(H,25,27)(H,26,28). The number of anilines is 1. The number of nitrogens with one attached hydrogen (secondary N) is 2. The molecule has 3 aliphatic rings. The summed E-state index contributed by atoms with van der Waals surface area (Å²) < 4.78 is 13.6. The van der Waals surface area contributed by atoms with Gasteiger partial charge in [-0.15, -0.1) is 0 Å². The van der Waals surface area contributed by atoms with Crippen LogP contribution in [-0.2, 0) is 4.79 Å². The van der Waals surface area contributed by atoms with Gasteiger partial charge in [0, 0.05) is 27.7 Å². The topological polar surface area (TPSA) is 58.2 Å². The van der Waals surface area contributed by atoms with Crippen molar-refractivity contribution in [1.29, 1.82) is 0 Å². The lowest BCUT2D eigenvalue weighted by Crippen LogP contribution is -2.77. The Bertz CT molecular complexity index is 959. The number of hydrogen-bond acceptors (Lipinski definition) is 2. The first kappa shape index (κ1) is 19.2. The highest BCUT2D eigenvalue weighted by Gasteiger charge is 2.71. The largest absolute Gasteiger partial charge is 0.347 e. The molecule has 0 aromatic heterocycles. The van der Waals surface area contributed by atoms with Gasteiger partial charge < -0.3 is 10.6 Å². The Labute approximate surface area is 172 Å². The molecule has 5 rings (SSSR count). The van der Waals surface area contributed by atoms with E-state index in [0.29, 0.717) is 16.3 Å². The van der Waals surface area contributed by atoms with Crippen molar-refractivity contribution in [1.82, 2.24) is 5.32 Å². The summed E-state index contributed by atoms with van der Waals surface area (Å²) in [6, 6.07) is 11.0. The van der Waals surface area contributed by atoms with Crippen LogP contribution in [0.15, 0.2) is 42.5 Å². The zero-order valence-electron chi connectivity index (χ0n) is 15.2. The van der Waals surface area contributed by atoms with Gasteiger partial charge in [-0.3, -0.25) is 9.59 Å². The van der Waals surface area contributed by atoms with Crippen LogP contribution in [0.4, 0.5) is 10.1 Å². The Morgan fingerprint density at radius 1 is 1.11 bits per heavy atom. The predicted molar refractivity (Wildman–Crippen MR) is 107 cm³/mol. The third-order valence-corrected chi connectivity index (χ3v) is 6.58. The van der Waals surface area contributed by atoms with Crippen LogP contribution < -0.4 is 10.6 Å². The number of carbonyl (C=O) groups is 2. The van der Waals surface area contributed by atoms with Crippen molar-refractivity contribution in [3.8, 4) is 0 Å². The van der Waals surface area contributed by atoms with E-state index in [9.17, 15) is 14.0 Å². The van der Waals surface area contributed by atoms with E-state index in [1.54, 1.807) is 30.3 Å². The summed E-state index contributed by atoms with van der Waals surface area (Å²) >= 11 is 11.6. The molecule has 3 aliphatic carbocycles. The molecule has 0 heterocycles. The summed E-state index contributed by atoms with van der Waals surface area (Å²) in [5.41, 5.74) is 0.563. The Morgan fingerprint density at radius 2 is 1.82 bits per heavy atom. The minimum Gasteiger partial charge on any atom is -0.347 e. The number of amides is 2. The fourth-order valence-electron chi connectivity index (χ4n) is 4.50. The lowest BCUT2D eigenvalue weighted by atomic mass is 9.36. The lowest BCUT2D eigenvalue weighted by molar-refractivity contribution is -0.184. The number of benzene rings is 2. The minimum atomic E-state index is -0.569. The summed E-state index contributed by atoms with van der Waals surface area (Å²) in [4.78, 5) is 25.0. The van der Waals surface area contributed by atoms with Crippen molar-refractivity contribution >= 4 is 40.7 Å². The molecule has 28 heavy (non-hydrogen) atoms. The lowest BCUT2D eigenvalue weighted by Gasteiger charge is -2.72. The Kier molecular flexibility index (Phi) is 4.63.